The molecule has 23 heavy (non-hydrogen) atoms. The lowest BCUT2D eigenvalue weighted by Crippen LogP contribution is -2.41. The molecule has 5 heteroatoms. The van der Waals surface area contributed by atoms with E-state index in [1.54, 1.807) is 0 Å². The molecule has 0 aromatic carbocycles. The Morgan fingerprint density at radius 2 is 2.17 bits per heavy atom. The van der Waals surface area contributed by atoms with Crippen LogP contribution in [-0.2, 0) is 13.1 Å². The molecule has 1 saturated heterocycles. The number of pyridine rings is 1. The van der Waals surface area contributed by atoms with Gasteiger partial charge in [-0.15, -0.1) is 0 Å². The number of imidazole rings is 1. The molecular weight excluding hydrogens is 286 g/mol. The van der Waals surface area contributed by atoms with Crippen molar-refractivity contribution >= 4 is 5.65 Å². The Bertz CT molecular complexity index is 754. The summed E-state index contributed by atoms with van der Waals surface area (Å²) >= 11 is 0. The Balaban J connectivity index is 1.50. The molecule has 1 atom stereocenters. The molecule has 1 aliphatic heterocycles. The van der Waals surface area contributed by atoms with Crippen molar-refractivity contribution in [3.63, 3.8) is 0 Å². The minimum absolute atomic E-state index is 0.549. The molecule has 0 aliphatic carbocycles. The summed E-state index contributed by atoms with van der Waals surface area (Å²) in [6, 6.07) is 6.69. The van der Waals surface area contributed by atoms with Gasteiger partial charge < -0.3 is 4.40 Å². The number of aryl methyl sites for hydroxylation is 1. The molecule has 4 rings (SSSR count). The first-order valence-corrected chi connectivity index (χ1v) is 8.44. The lowest BCUT2D eigenvalue weighted by Gasteiger charge is -2.35. The van der Waals surface area contributed by atoms with Crippen LogP contribution in [0.2, 0.25) is 0 Å². The van der Waals surface area contributed by atoms with E-state index in [-0.39, 0.29) is 0 Å². The molecule has 0 unspecified atom stereocenters. The molecular formula is C18H23N5. The van der Waals surface area contributed by atoms with Gasteiger partial charge in [0.25, 0.3) is 0 Å². The number of piperidine rings is 1. The predicted molar refractivity (Wildman–Crippen MR) is 90.2 cm³/mol. The Hall–Kier alpha value is -2.14. The van der Waals surface area contributed by atoms with Crippen molar-refractivity contribution in [1.82, 2.24) is 24.1 Å². The molecule has 3 aromatic heterocycles. The molecule has 4 heterocycles. The molecule has 0 N–H and O–H groups in total. The SMILES string of the molecule is Cc1cnn(C[C@@H]2CCCCN2Cc2cn3ccccc3n2)c1. The monoisotopic (exact) mass is 309 g/mol. The van der Waals surface area contributed by atoms with Gasteiger partial charge in [-0.25, -0.2) is 4.98 Å². The molecule has 1 aliphatic rings. The normalized spacial score (nSPS) is 19.4. The lowest BCUT2D eigenvalue weighted by atomic mass is 10.0. The summed E-state index contributed by atoms with van der Waals surface area (Å²) in [6.45, 7) is 5.14. The maximum atomic E-state index is 4.75. The number of nitrogens with zero attached hydrogens (tertiary/aromatic N) is 5. The summed E-state index contributed by atoms with van der Waals surface area (Å²) in [6.07, 6.45) is 12.1. The zero-order chi connectivity index (χ0) is 15.6. The van der Waals surface area contributed by atoms with Crippen LogP contribution >= 0.6 is 0 Å². The summed E-state index contributed by atoms with van der Waals surface area (Å²) in [7, 11) is 0. The molecule has 3 aromatic rings. The summed E-state index contributed by atoms with van der Waals surface area (Å²) in [5.74, 6) is 0. The lowest BCUT2D eigenvalue weighted by molar-refractivity contribution is 0.120. The highest BCUT2D eigenvalue weighted by Gasteiger charge is 2.23. The second-order valence-electron chi connectivity index (χ2n) is 6.56. The van der Waals surface area contributed by atoms with Crippen molar-refractivity contribution in [2.24, 2.45) is 0 Å². The quantitative estimate of drug-likeness (QED) is 0.744. The van der Waals surface area contributed by atoms with Crippen LogP contribution in [0.5, 0.6) is 0 Å². The van der Waals surface area contributed by atoms with Gasteiger partial charge in [-0.3, -0.25) is 9.58 Å². The molecule has 0 radical (unpaired) electrons. The molecule has 0 saturated carbocycles. The molecule has 120 valence electrons. The smallest absolute Gasteiger partial charge is 0.137 e. The molecule has 0 amide bonds. The number of hydrogen-bond acceptors (Lipinski definition) is 3. The van der Waals surface area contributed by atoms with Crippen molar-refractivity contribution < 1.29 is 0 Å². The Morgan fingerprint density at radius 1 is 1.22 bits per heavy atom. The van der Waals surface area contributed by atoms with E-state index in [0.717, 1.165) is 31.0 Å². The van der Waals surface area contributed by atoms with Crippen LogP contribution in [0.4, 0.5) is 0 Å². The molecule has 5 nitrogen and oxygen atoms in total. The number of likely N-dealkylation sites (tertiary alicyclic amines) is 1. The largest absolute Gasteiger partial charge is 0.307 e. The number of hydrogen-bond donors (Lipinski definition) is 0. The van der Waals surface area contributed by atoms with Gasteiger partial charge in [0.05, 0.1) is 18.4 Å². The van der Waals surface area contributed by atoms with Crippen molar-refractivity contribution in [3.05, 3.63) is 54.2 Å². The topological polar surface area (TPSA) is 38.4 Å². The highest BCUT2D eigenvalue weighted by Crippen LogP contribution is 2.21. The van der Waals surface area contributed by atoms with E-state index < -0.39 is 0 Å². The second kappa shape index (κ2) is 6.16. The second-order valence-corrected chi connectivity index (χ2v) is 6.56. The fourth-order valence-corrected chi connectivity index (χ4v) is 3.53. The first-order valence-electron chi connectivity index (χ1n) is 8.44. The van der Waals surface area contributed by atoms with Gasteiger partial charge in [0.2, 0.25) is 0 Å². The molecule has 0 bridgehead atoms. The maximum Gasteiger partial charge on any atom is 0.137 e. The number of aromatic nitrogens is 4. The molecule has 1 fully saturated rings. The Labute approximate surface area is 136 Å². The van der Waals surface area contributed by atoms with Crippen molar-refractivity contribution in [2.75, 3.05) is 6.54 Å². The molecule has 0 spiro atoms. The van der Waals surface area contributed by atoms with Crippen LogP contribution in [0.1, 0.15) is 30.5 Å². The van der Waals surface area contributed by atoms with E-state index in [0.29, 0.717) is 6.04 Å². The van der Waals surface area contributed by atoms with Crippen LogP contribution in [-0.4, -0.2) is 36.7 Å². The van der Waals surface area contributed by atoms with E-state index >= 15 is 0 Å². The van der Waals surface area contributed by atoms with E-state index in [1.165, 1.54) is 24.8 Å². The summed E-state index contributed by atoms with van der Waals surface area (Å²) in [5.41, 5.74) is 3.41. The van der Waals surface area contributed by atoms with Crippen LogP contribution < -0.4 is 0 Å². The third-order valence-corrected chi connectivity index (χ3v) is 4.69. The summed E-state index contributed by atoms with van der Waals surface area (Å²) in [5, 5.41) is 4.46. The van der Waals surface area contributed by atoms with Gasteiger partial charge in [-0.2, -0.15) is 5.10 Å². The van der Waals surface area contributed by atoms with Crippen LogP contribution in [0, 0.1) is 6.92 Å². The Morgan fingerprint density at radius 3 is 3.00 bits per heavy atom. The maximum absolute atomic E-state index is 4.75. The summed E-state index contributed by atoms with van der Waals surface area (Å²) in [4.78, 5) is 7.32. The standard InChI is InChI=1S/C18H23N5/c1-15-10-19-23(11-15)14-17-6-2-4-8-21(17)12-16-13-22-9-5-3-7-18(22)20-16/h3,5,7,9-11,13,17H,2,4,6,8,12,14H2,1H3/t17-/m0/s1. The average molecular weight is 309 g/mol. The van der Waals surface area contributed by atoms with Crippen molar-refractivity contribution in [1.29, 1.82) is 0 Å². The first-order chi connectivity index (χ1) is 11.3. The van der Waals surface area contributed by atoms with E-state index in [9.17, 15) is 0 Å². The van der Waals surface area contributed by atoms with E-state index in [2.05, 4.69) is 50.7 Å². The van der Waals surface area contributed by atoms with Gasteiger partial charge in [0.1, 0.15) is 5.65 Å². The minimum atomic E-state index is 0.549. The first kappa shape index (κ1) is 14.5. The minimum Gasteiger partial charge on any atom is -0.307 e. The van der Waals surface area contributed by atoms with Gasteiger partial charge in [0.15, 0.2) is 0 Å². The fourth-order valence-electron chi connectivity index (χ4n) is 3.53. The zero-order valence-corrected chi connectivity index (χ0v) is 13.6. The predicted octanol–water partition coefficient (Wildman–Crippen LogP) is 2.89. The van der Waals surface area contributed by atoms with Gasteiger partial charge in [-0.05, 0) is 44.0 Å². The fraction of sp³-hybridized carbons (Fsp3) is 0.444. The van der Waals surface area contributed by atoms with E-state index in [1.807, 2.05) is 18.3 Å². The average Bonchev–Trinajstić information content (AvgIpc) is 3.14. The van der Waals surface area contributed by atoms with Gasteiger partial charge >= 0.3 is 0 Å². The highest BCUT2D eigenvalue weighted by molar-refractivity contribution is 5.39. The Kier molecular flexibility index (Phi) is 3.87. The number of rotatable bonds is 4. The third kappa shape index (κ3) is 3.15. The van der Waals surface area contributed by atoms with Crippen LogP contribution in [0.15, 0.2) is 43.0 Å². The van der Waals surface area contributed by atoms with Gasteiger partial charge in [-0.1, -0.05) is 12.5 Å². The van der Waals surface area contributed by atoms with E-state index in [4.69, 9.17) is 4.98 Å². The summed E-state index contributed by atoms with van der Waals surface area (Å²) < 4.78 is 4.19. The van der Waals surface area contributed by atoms with Crippen LogP contribution in [0.3, 0.4) is 0 Å². The van der Waals surface area contributed by atoms with Crippen LogP contribution in [0.25, 0.3) is 5.65 Å². The van der Waals surface area contributed by atoms with Crippen molar-refractivity contribution in [2.45, 2.75) is 45.3 Å². The van der Waals surface area contributed by atoms with Crippen molar-refractivity contribution in [3.8, 4) is 0 Å². The third-order valence-electron chi connectivity index (χ3n) is 4.69. The zero-order valence-electron chi connectivity index (χ0n) is 13.6. The number of fused-ring (bicyclic) bond motifs is 1. The van der Waals surface area contributed by atoms with Gasteiger partial charge in [0, 0.05) is 31.2 Å². The highest BCUT2D eigenvalue weighted by atomic mass is 15.3.